The second-order valence-corrected chi connectivity index (χ2v) is 10.3. The molecule has 0 unspecified atom stereocenters. The molecule has 0 aliphatic heterocycles. The summed E-state index contributed by atoms with van der Waals surface area (Å²) in [5.74, 6) is 0.272. The average molecular weight is 544 g/mol. The maximum atomic E-state index is 13.6. The van der Waals surface area contributed by atoms with Crippen LogP contribution >= 0.6 is 0 Å². The number of rotatable bonds is 10. The quantitative estimate of drug-likeness (QED) is 0.317. The maximum absolute atomic E-state index is 13.6. The van der Waals surface area contributed by atoms with Crippen LogP contribution in [0.2, 0.25) is 0 Å². The minimum atomic E-state index is -4.20. The van der Waals surface area contributed by atoms with Gasteiger partial charge in [0.1, 0.15) is 28.5 Å². The first-order chi connectivity index (χ1) is 18.2. The number of benzene rings is 1. The molecule has 1 aromatic carbocycles. The van der Waals surface area contributed by atoms with Gasteiger partial charge in [0.25, 0.3) is 0 Å². The van der Waals surface area contributed by atoms with Gasteiger partial charge in [0.05, 0.1) is 26.6 Å². The molecule has 0 aliphatic rings. The summed E-state index contributed by atoms with van der Waals surface area (Å²) < 4.78 is 60.9. The second-order valence-electron chi connectivity index (χ2n) is 8.21. The fourth-order valence-electron chi connectivity index (χ4n) is 3.84. The van der Waals surface area contributed by atoms with Crippen molar-refractivity contribution >= 4 is 16.0 Å². The highest BCUT2D eigenvalue weighted by atomic mass is 32.2. The van der Waals surface area contributed by atoms with Gasteiger partial charge in [-0.05, 0) is 37.6 Å². The SMILES string of the molecule is COc1cccc(OC)c1-n1c(NS(=O)(=O)[C@H](C)[C@@H](OC)c2ncc(F)cn2)nnc1-c1cncc(C)c1. The Morgan fingerprint density at radius 2 is 1.66 bits per heavy atom. The zero-order chi connectivity index (χ0) is 27.4. The van der Waals surface area contributed by atoms with Gasteiger partial charge in [0, 0.05) is 25.1 Å². The van der Waals surface area contributed by atoms with Gasteiger partial charge >= 0.3 is 0 Å². The number of nitrogens with one attached hydrogen (secondary N) is 1. The van der Waals surface area contributed by atoms with Gasteiger partial charge in [-0.2, -0.15) is 0 Å². The molecule has 3 aromatic heterocycles. The summed E-state index contributed by atoms with van der Waals surface area (Å²) in [4.78, 5) is 12.0. The van der Waals surface area contributed by atoms with Crippen LogP contribution in [0.3, 0.4) is 0 Å². The van der Waals surface area contributed by atoms with Crippen molar-refractivity contribution < 1.29 is 27.0 Å². The minimum absolute atomic E-state index is 0.00571. The summed E-state index contributed by atoms with van der Waals surface area (Å²) in [6, 6.07) is 6.97. The van der Waals surface area contributed by atoms with E-state index in [9.17, 15) is 12.8 Å². The second kappa shape index (κ2) is 11.1. The standard InChI is InChI=1S/C24H26FN7O5S/c1-14-9-16(11-26-10-14)23-29-30-24(32(23)20-18(35-3)7-6-8-19(20)36-4)31-38(33,34)15(2)21(37-5)22-27-12-17(25)13-28-22/h6-13,15,21H,1-5H3,(H,30,31)/t15-,21-/m1/s1. The number of hydrogen-bond acceptors (Lipinski definition) is 10. The number of nitrogens with zero attached hydrogens (tertiary/aromatic N) is 6. The van der Waals surface area contributed by atoms with E-state index >= 15 is 0 Å². The predicted octanol–water partition coefficient (Wildman–Crippen LogP) is 3.10. The number of anilines is 1. The molecule has 12 nitrogen and oxygen atoms in total. The van der Waals surface area contributed by atoms with Crippen molar-refractivity contribution in [2.24, 2.45) is 0 Å². The number of pyridine rings is 1. The molecular formula is C24H26FN7O5S. The zero-order valence-corrected chi connectivity index (χ0v) is 22.1. The molecule has 0 saturated heterocycles. The Labute approximate surface area is 218 Å². The lowest BCUT2D eigenvalue weighted by Gasteiger charge is -2.22. The van der Waals surface area contributed by atoms with Crippen LogP contribution in [0.15, 0.2) is 49.1 Å². The first kappa shape index (κ1) is 26.9. The lowest BCUT2D eigenvalue weighted by Crippen LogP contribution is -2.33. The molecule has 3 heterocycles. The van der Waals surface area contributed by atoms with Crippen LogP contribution in [-0.2, 0) is 14.8 Å². The summed E-state index contributed by atoms with van der Waals surface area (Å²) in [6.07, 6.45) is 4.04. The molecule has 1 N–H and O–H groups in total. The lowest BCUT2D eigenvalue weighted by atomic mass is 10.2. The number of halogens is 1. The third kappa shape index (κ3) is 5.26. The minimum Gasteiger partial charge on any atom is -0.494 e. The van der Waals surface area contributed by atoms with E-state index in [4.69, 9.17) is 14.2 Å². The van der Waals surface area contributed by atoms with Crippen molar-refractivity contribution in [1.29, 1.82) is 0 Å². The Morgan fingerprint density at radius 1 is 1.00 bits per heavy atom. The van der Waals surface area contributed by atoms with Gasteiger partial charge in [-0.3, -0.25) is 14.3 Å². The van der Waals surface area contributed by atoms with E-state index in [1.165, 1.54) is 32.8 Å². The molecule has 0 aliphatic carbocycles. The van der Waals surface area contributed by atoms with E-state index in [0.717, 1.165) is 18.0 Å². The third-order valence-electron chi connectivity index (χ3n) is 5.72. The van der Waals surface area contributed by atoms with Gasteiger partial charge in [-0.25, -0.2) is 22.8 Å². The molecule has 0 fully saturated rings. The Hall–Kier alpha value is -4.17. The fraction of sp³-hybridized carbons (Fsp3) is 0.292. The number of methoxy groups -OCH3 is 3. The van der Waals surface area contributed by atoms with Crippen LogP contribution < -0.4 is 14.2 Å². The molecule has 4 rings (SSSR count). The van der Waals surface area contributed by atoms with Crippen molar-refractivity contribution in [3.63, 3.8) is 0 Å². The molecule has 14 heteroatoms. The van der Waals surface area contributed by atoms with Crippen LogP contribution in [-0.4, -0.2) is 64.7 Å². The fourth-order valence-corrected chi connectivity index (χ4v) is 4.97. The maximum Gasteiger partial charge on any atom is 0.243 e. The van der Waals surface area contributed by atoms with E-state index in [2.05, 4.69) is 29.9 Å². The highest BCUT2D eigenvalue weighted by Crippen LogP contribution is 2.38. The van der Waals surface area contributed by atoms with E-state index < -0.39 is 27.2 Å². The zero-order valence-electron chi connectivity index (χ0n) is 21.3. The normalized spacial score (nSPS) is 13.1. The molecule has 0 spiro atoms. The van der Waals surface area contributed by atoms with Crippen molar-refractivity contribution in [2.75, 3.05) is 26.1 Å². The smallest absolute Gasteiger partial charge is 0.243 e. The number of aromatic nitrogens is 6. The summed E-state index contributed by atoms with van der Waals surface area (Å²) in [5, 5.41) is 7.20. The lowest BCUT2D eigenvalue weighted by molar-refractivity contribution is 0.0948. The number of sulfonamides is 1. The van der Waals surface area contributed by atoms with Crippen molar-refractivity contribution in [3.05, 3.63) is 66.3 Å². The van der Waals surface area contributed by atoms with E-state index in [1.54, 1.807) is 30.6 Å². The topological polar surface area (TPSA) is 143 Å². The largest absolute Gasteiger partial charge is 0.494 e. The number of para-hydroxylation sites is 1. The van der Waals surface area contributed by atoms with Gasteiger partial charge in [-0.15, -0.1) is 10.2 Å². The molecule has 4 aromatic rings. The molecule has 0 radical (unpaired) electrons. The van der Waals surface area contributed by atoms with Gasteiger partial charge < -0.3 is 14.2 Å². The van der Waals surface area contributed by atoms with Gasteiger partial charge in [0.2, 0.25) is 16.0 Å². The summed E-state index contributed by atoms with van der Waals surface area (Å²) >= 11 is 0. The molecule has 2 atom stereocenters. The van der Waals surface area contributed by atoms with Crippen LogP contribution in [0.5, 0.6) is 11.5 Å². The van der Waals surface area contributed by atoms with Gasteiger partial charge in [-0.1, -0.05) is 6.07 Å². The molecule has 0 saturated carbocycles. The third-order valence-corrected chi connectivity index (χ3v) is 7.41. The molecule has 0 amide bonds. The Balaban J connectivity index is 1.84. The number of aryl methyl sites for hydroxylation is 1. The highest BCUT2D eigenvalue weighted by molar-refractivity contribution is 7.93. The van der Waals surface area contributed by atoms with Crippen LogP contribution in [0, 0.1) is 12.7 Å². The van der Waals surface area contributed by atoms with Crippen LogP contribution in [0.4, 0.5) is 10.3 Å². The van der Waals surface area contributed by atoms with E-state index in [0.29, 0.717) is 28.6 Å². The summed E-state index contributed by atoms with van der Waals surface area (Å²) in [7, 11) is 0.0760. The monoisotopic (exact) mass is 543 g/mol. The Kier molecular flexibility index (Phi) is 7.83. The van der Waals surface area contributed by atoms with E-state index in [1.807, 2.05) is 13.0 Å². The highest BCUT2D eigenvalue weighted by Gasteiger charge is 2.35. The first-order valence-corrected chi connectivity index (χ1v) is 12.9. The van der Waals surface area contributed by atoms with Crippen molar-refractivity contribution in [3.8, 4) is 28.6 Å². The first-order valence-electron chi connectivity index (χ1n) is 11.3. The summed E-state index contributed by atoms with van der Waals surface area (Å²) in [5.41, 5.74) is 1.81. The molecule has 200 valence electrons. The van der Waals surface area contributed by atoms with E-state index in [-0.39, 0.29) is 11.8 Å². The van der Waals surface area contributed by atoms with Crippen LogP contribution in [0.1, 0.15) is 24.4 Å². The van der Waals surface area contributed by atoms with Gasteiger partial charge in [0.15, 0.2) is 17.5 Å². The van der Waals surface area contributed by atoms with Crippen LogP contribution in [0.25, 0.3) is 17.1 Å². The molecule has 0 bridgehead atoms. The predicted molar refractivity (Wildman–Crippen MR) is 136 cm³/mol. The molecule has 38 heavy (non-hydrogen) atoms. The molecular weight excluding hydrogens is 517 g/mol. The number of hydrogen-bond donors (Lipinski definition) is 1. The van der Waals surface area contributed by atoms with Crippen molar-refractivity contribution in [2.45, 2.75) is 25.2 Å². The Bertz CT molecular complexity index is 1510. The summed E-state index contributed by atoms with van der Waals surface area (Å²) in [6.45, 7) is 3.29. The Morgan fingerprint density at radius 3 is 2.24 bits per heavy atom. The number of ether oxygens (including phenoxy) is 3. The van der Waals surface area contributed by atoms with Crippen molar-refractivity contribution in [1.82, 2.24) is 29.7 Å². The average Bonchev–Trinajstić information content (AvgIpc) is 3.31.